The van der Waals surface area contributed by atoms with E-state index in [9.17, 15) is 9.59 Å². The standard InChI is InChI=1S/C15H20ClNO4/c1-9-4-6-12(16)13(8-9)21-11(3)15(20)17-10(2)5-7-14(18)19/h4,6,8,10-11H,5,7H2,1-3H3,(H,17,20)(H,18,19). The molecule has 21 heavy (non-hydrogen) atoms. The van der Waals surface area contributed by atoms with Crippen LogP contribution in [0.15, 0.2) is 18.2 Å². The number of hydrogen-bond donors (Lipinski definition) is 2. The monoisotopic (exact) mass is 313 g/mol. The minimum absolute atomic E-state index is 0.0143. The van der Waals surface area contributed by atoms with Gasteiger partial charge >= 0.3 is 5.97 Å². The highest BCUT2D eigenvalue weighted by Crippen LogP contribution is 2.26. The van der Waals surface area contributed by atoms with E-state index in [4.69, 9.17) is 21.4 Å². The molecule has 6 heteroatoms. The van der Waals surface area contributed by atoms with Gasteiger partial charge in [0.05, 0.1) is 5.02 Å². The Bertz CT molecular complexity index is 518. The van der Waals surface area contributed by atoms with Gasteiger partial charge in [-0.05, 0) is 44.9 Å². The number of carbonyl (C=O) groups is 2. The van der Waals surface area contributed by atoms with Gasteiger partial charge in [0.25, 0.3) is 5.91 Å². The van der Waals surface area contributed by atoms with Crippen molar-refractivity contribution in [2.45, 2.75) is 45.8 Å². The van der Waals surface area contributed by atoms with Gasteiger partial charge in [0, 0.05) is 12.5 Å². The van der Waals surface area contributed by atoms with Crippen LogP contribution in [0.4, 0.5) is 0 Å². The molecule has 1 aromatic carbocycles. The van der Waals surface area contributed by atoms with E-state index in [1.165, 1.54) is 0 Å². The maximum atomic E-state index is 12.0. The third kappa shape index (κ3) is 6.04. The lowest BCUT2D eigenvalue weighted by atomic mass is 10.2. The number of amides is 1. The van der Waals surface area contributed by atoms with Crippen molar-refractivity contribution in [3.63, 3.8) is 0 Å². The Balaban J connectivity index is 2.54. The highest BCUT2D eigenvalue weighted by Gasteiger charge is 2.18. The van der Waals surface area contributed by atoms with Crippen LogP contribution in [0.25, 0.3) is 0 Å². The van der Waals surface area contributed by atoms with Crippen molar-refractivity contribution in [1.29, 1.82) is 0 Å². The summed E-state index contributed by atoms with van der Waals surface area (Å²) in [6, 6.07) is 5.10. The fraction of sp³-hybridized carbons (Fsp3) is 0.467. The summed E-state index contributed by atoms with van der Waals surface area (Å²) in [5, 5.41) is 11.8. The van der Waals surface area contributed by atoms with Crippen LogP contribution in [-0.4, -0.2) is 29.1 Å². The third-order valence-corrected chi connectivity index (χ3v) is 3.25. The van der Waals surface area contributed by atoms with E-state index in [0.717, 1.165) is 5.56 Å². The van der Waals surface area contributed by atoms with Crippen molar-refractivity contribution in [2.75, 3.05) is 0 Å². The van der Waals surface area contributed by atoms with Crippen LogP contribution in [0.3, 0.4) is 0 Å². The van der Waals surface area contributed by atoms with E-state index >= 15 is 0 Å². The second kappa shape index (κ2) is 7.88. The van der Waals surface area contributed by atoms with Crippen molar-refractivity contribution in [3.05, 3.63) is 28.8 Å². The van der Waals surface area contributed by atoms with Gasteiger partial charge in [-0.15, -0.1) is 0 Å². The van der Waals surface area contributed by atoms with E-state index in [1.54, 1.807) is 26.0 Å². The summed E-state index contributed by atoms with van der Waals surface area (Å²) in [6.45, 7) is 5.28. The number of halogens is 1. The molecule has 0 fully saturated rings. The third-order valence-electron chi connectivity index (χ3n) is 2.94. The summed E-state index contributed by atoms with van der Waals surface area (Å²) in [5.74, 6) is -0.727. The molecular formula is C15H20ClNO4. The molecule has 116 valence electrons. The van der Waals surface area contributed by atoms with Gasteiger partial charge in [-0.2, -0.15) is 0 Å². The molecule has 1 amide bonds. The first-order valence-electron chi connectivity index (χ1n) is 6.74. The largest absolute Gasteiger partial charge is 0.481 e. The molecule has 1 aromatic rings. The normalized spacial score (nSPS) is 13.3. The Kier molecular flexibility index (Phi) is 6.49. The van der Waals surface area contributed by atoms with E-state index in [1.807, 2.05) is 13.0 Å². The summed E-state index contributed by atoms with van der Waals surface area (Å²) in [7, 11) is 0. The fourth-order valence-electron chi connectivity index (χ4n) is 1.72. The van der Waals surface area contributed by atoms with Crippen LogP contribution < -0.4 is 10.1 Å². The van der Waals surface area contributed by atoms with Gasteiger partial charge in [0.2, 0.25) is 0 Å². The molecule has 0 bridgehead atoms. The zero-order chi connectivity index (χ0) is 16.0. The molecule has 5 nitrogen and oxygen atoms in total. The van der Waals surface area contributed by atoms with Crippen LogP contribution in [0, 0.1) is 6.92 Å². The molecule has 0 saturated heterocycles. The summed E-state index contributed by atoms with van der Waals surface area (Å²) in [5.41, 5.74) is 0.983. The van der Waals surface area contributed by atoms with Crippen molar-refractivity contribution in [3.8, 4) is 5.75 Å². The van der Waals surface area contributed by atoms with Gasteiger partial charge in [-0.1, -0.05) is 17.7 Å². The Hall–Kier alpha value is -1.75. The first kappa shape index (κ1) is 17.3. The van der Waals surface area contributed by atoms with Gasteiger partial charge in [-0.3, -0.25) is 9.59 Å². The number of aliphatic carboxylic acids is 1. The van der Waals surface area contributed by atoms with Crippen LogP contribution in [-0.2, 0) is 9.59 Å². The molecule has 0 aliphatic rings. The lowest BCUT2D eigenvalue weighted by Gasteiger charge is -2.19. The average molecular weight is 314 g/mol. The van der Waals surface area contributed by atoms with E-state index in [2.05, 4.69) is 5.32 Å². The highest BCUT2D eigenvalue weighted by molar-refractivity contribution is 6.32. The molecule has 1 rings (SSSR count). The number of hydrogen-bond acceptors (Lipinski definition) is 3. The van der Waals surface area contributed by atoms with Gasteiger partial charge in [-0.25, -0.2) is 0 Å². The maximum Gasteiger partial charge on any atom is 0.303 e. The lowest BCUT2D eigenvalue weighted by Crippen LogP contribution is -2.41. The lowest BCUT2D eigenvalue weighted by molar-refractivity contribution is -0.137. The predicted octanol–water partition coefficient (Wildman–Crippen LogP) is 2.79. The average Bonchev–Trinajstić information content (AvgIpc) is 2.40. The van der Waals surface area contributed by atoms with Crippen molar-refractivity contribution in [2.24, 2.45) is 0 Å². The molecule has 0 radical (unpaired) electrons. The zero-order valence-corrected chi connectivity index (χ0v) is 13.1. The molecule has 0 aliphatic heterocycles. The van der Waals surface area contributed by atoms with Crippen molar-refractivity contribution < 1.29 is 19.4 Å². The molecule has 2 atom stereocenters. The summed E-state index contributed by atoms with van der Waals surface area (Å²) < 4.78 is 5.55. The molecule has 0 heterocycles. The maximum absolute atomic E-state index is 12.0. The van der Waals surface area contributed by atoms with E-state index in [-0.39, 0.29) is 18.4 Å². The number of ether oxygens (including phenoxy) is 1. The number of carbonyl (C=O) groups excluding carboxylic acids is 1. The van der Waals surface area contributed by atoms with Crippen LogP contribution in [0.1, 0.15) is 32.3 Å². The topological polar surface area (TPSA) is 75.6 Å². The van der Waals surface area contributed by atoms with Crippen LogP contribution in [0.2, 0.25) is 5.02 Å². The molecule has 0 saturated carbocycles. The minimum Gasteiger partial charge on any atom is -0.481 e. The number of carboxylic acids is 1. The van der Waals surface area contributed by atoms with Gasteiger partial charge < -0.3 is 15.2 Å². The molecule has 2 unspecified atom stereocenters. The predicted molar refractivity (Wildman–Crippen MR) is 80.8 cm³/mol. The molecule has 2 N–H and O–H groups in total. The SMILES string of the molecule is Cc1ccc(Cl)c(OC(C)C(=O)NC(C)CCC(=O)O)c1. The quantitative estimate of drug-likeness (QED) is 0.811. The summed E-state index contributed by atoms with van der Waals surface area (Å²) >= 11 is 6.01. The Labute approximate surface area is 129 Å². The van der Waals surface area contributed by atoms with Crippen LogP contribution in [0.5, 0.6) is 5.75 Å². The second-order valence-corrected chi connectivity index (χ2v) is 5.44. The number of carboxylic acid groups (broad SMARTS) is 1. The number of aryl methyl sites for hydroxylation is 1. The fourth-order valence-corrected chi connectivity index (χ4v) is 1.88. The van der Waals surface area contributed by atoms with Gasteiger partial charge in [0.1, 0.15) is 5.75 Å². The number of nitrogens with one attached hydrogen (secondary N) is 1. The molecule has 0 spiro atoms. The second-order valence-electron chi connectivity index (χ2n) is 5.04. The summed E-state index contributed by atoms with van der Waals surface area (Å²) in [4.78, 5) is 22.5. The number of benzene rings is 1. The zero-order valence-electron chi connectivity index (χ0n) is 12.4. The van der Waals surface area contributed by atoms with E-state index in [0.29, 0.717) is 17.2 Å². The van der Waals surface area contributed by atoms with Gasteiger partial charge in [0.15, 0.2) is 6.10 Å². The number of rotatable bonds is 7. The Morgan fingerprint density at radius 1 is 1.38 bits per heavy atom. The van der Waals surface area contributed by atoms with Crippen molar-refractivity contribution in [1.82, 2.24) is 5.32 Å². The van der Waals surface area contributed by atoms with Crippen LogP contribution >= 0.6 is 11.6 Å². The smallest absolute Gasteiger partial charge is 0.303 e. The Morgan fingerprint density at radius 2 is 2.05 bits per heavy atom. The Morgan fingerprint density at radius 3 is 2.67 bits per heavy atom. The molecule has 0 aliphatic carbocycles. The highest BCUT2D eigenvalue weighted by atomic mass is 35.5. The first-order chi connectivity index (χ1) is 9.79. The summed E-state index contributed by atoms with van der Waals surface area (Å²) in [6.07, 6.45) is -0.323. The van der Waals surface area contributed by atoms with Crippen molar-refractivity contribution >= 4 is 23.5 Å². The first-order valence-corrected chi connectivity index (χ1v) is 7.12. The molecular weight excluding hydrogens is 294 g/mol. The van der Waals surface area contributed by atoms with E-state index < -0.39 is 12.1 Å². The minimum atomic E-state index is -0.882. The molecule has 0 aromatic heterocycles.